The number of carbonyl (C=O) groups excluding carboxylic acids is 1. The van der Waals surface area contributed by atoms with E-state index >= 15 is 0 Å². The van der Waals surface area contributed by atoms with Crippen molar-refractivity contribution in [2.24, 2.45) is 0 Å². The average molecular weight is 489 g/mol. The lowest BCUT2D eigenvalue weighted by atomic mass is 10.0. The van der Waals surface area contributed by atoms with Gasteiger partial charge >= 0.3 is 0 Å². The van der Waals surface area contributed by atoms with Crippen molar-refractivity contribution in [3.8, 4) is 22.6 Å². The first-order valence-electron chi connectivity index (χ1n) is 10.2. The Morgan fingerprint density at radius 1 is 1.18 bits per heavy atom. The van der Waals surface area contributed by atoms with E-state index in [-0.39, 0.29) is 17.2 Å². The van der Waals surface area contributed by atoms with Gasteiger partial charge in [0.15, 0.2) is 0 Å². The monoisotopic (exact) mass is 488 g/mol. The van der Waals surface area contributed by atoms with Crippen molar-refractivity contribution in [1.82, 2.24) is 9.79 Å². The van der Waals surface area contributed by atoms with Crippen molar-refractivity contribution in [1.29, 1.82) is 0 Å². The highest BCUT2D eigenvalue weighted by atomic mass is 32.2. The molecule has 0 radical (unpaired) electrons. The molecule has 2 heterocycles. The number of hydrogen-bond acceptors (Lipinski definition) is 7. The Bertz CT molecular complexity index is 1230. The summed E-state index contributed by atoms with van der Waals surface area (Å²) in [7, 11) is -4.17. The van der Waals surface area contributed by atoms with Gasteiger partial charge in [-0.15, -0.1) is 0 Å². The number of thioether (sulfide) groups is 1. The van der Waals surface area contributed by atoms with Crippen LogP contribution >= 0.6 is 11.8 Å². The minimum atomic E-state index is -4.17. The fourth-order valence-electron chi connectivity index (χ4n) is 3.87. The Balaban J connectivity index is 1.82. The van der Waals surface area contributed by atoms with Gasteiger partial charge in [-0.25, -0.2) is 13.9 Å². The number of hydroxylamine groups is 1. The molecule has 2 aromatic carbocycles. The average Bonchev–Trinajstić information content (AvgIpc) is 3.33. The van der Waals surface area contributed by atoms with Gasteiger partial charge in [-0.3, -0.25) is 10.0 Å². The van der Waals surface area contributed by atoms with E-state index in [1.165, 1.54) is 24.1 Å². The summed E-state index contributed by atoms with van der Waals surface area (Å²) in [6.07, 6.45) is 3.09. The molecule has 2 N–H and O–H groups in total. The molecule has 1 aromatic heterocycles. The number of ether oxygens (including phenoxy) is 1. The van der Waals surface area contributed by atoms with E-state index in [0.717, 1.165) is 9.87 Å². The van der Waals surface area contributed by atoms with Crippen LogP contribution in [0.3, 0.4) is 0 Å². The molecule has 1 unspecified atom stereocenters. The highest BCUT2D eigenvalue weighted by Crippen LogP contribution is 2.41. The minimum Gasteiger partial charge on any atom is -0.472 e. The summed E-state index contributed by atoms with van der Waals surface area (Å²) in [5.74, 6) is 0.316. The van der Waals surface area contributed by atoms with Gasteiger partial charge in [-0.05, 0) is 49.7 Å². The van der Waals surface area contributed by atoms with E-state index in [1.807, 2.05) is 6.07 Å². The molecule has 1 aliphatic rings. The zero-order valence-electron chi connectivity index (χ0n) is 18.1. The molecule has 8 nitrogen and oxygen atoms in total. The van der Waals surface area contributed by atoms with E-state index in [0.29, 0.717) is 17.1 Å². The zero-order chi connectivity index (χ0) is 23.6. The lowest BCUT2D eigenvalue weighted by molar-refractivity contribution is -0.134. The SMILES string of the molecule is CC1(C)SCCN(S(=O)(=O)c2ccc(-c3ccoc3)cc2Oc2ccccc2)C1C(=O)NO. The number of benzene rings is 2. The van der Waals surface area contributed by atoms with Gasteiger partial charge in [0.25, 0.3) is 5.91 Å². The standard InChI is InChI=1S/C23H24N2O6S2/c1-23(2)21(22(26)24-27)25(11-13-32-23)33(28,29)20-9-8-16(17-10-12-30-15-17)14-19(20)31-18-6-4-3-5-7-18/h3-10,12,14-15,21,27H,11,13H2,1-2H3,(H,24,26). The Morgan fingerprint density at radius 2 is 1.94 bits per heavy atom. The highest BCUT2D eigenvalue weighted by Gasteiger charge is 2.48. The Morgan fingerprint density at radius 3 is 2.61 bits per heavy atom. The topological polar surface area (TPSA) is 109 Å². The lowest BCUT2D eigenvalue weighted by Crippen LogP contribution is -2.61. The van der Waals surface area contributed by atoms with Gasteiger partial charge in [0.1, 0.15) is 22.4 Å². The summed E-state index contributed by atoms with van der Waals surface area (Å²) < 4.78 is 39.3. The molecule has 10 heteroatoms. The number of amides is 1. The maximum atomic E-state index is 13.9. The van der Waals surface area contributed by atoms with Crippen LogP contribution in [0.5, 0.6) is 11.5 Å². The predicted octanol–water partition coefficient (Wildman–Crippen LogP) is 4.13. The number of nitrogens with one attached hydrogen (secondary N) is 1. The third-order valence-corrected chi connectivity index (χ3v) is 8.70. The molecule has 0 saturated carbocycles. The first kappa shape index (κ1) is 23.4. The normalized spacial score (nSPS) is 18.6. The van der Waals surface area contributed by atoms with Crippen LogP contribution in [0, 0.1) is 0 Å². The number of sulfonamides is 1. The molecule has 1 saturated heterocycles. The summed E-state index contributed by atoms with van der Waals surface area (Å²) in [5, 5.41) is 9.30. The minimum absolute atomic E-state index is 0.0722. The molecule has 4 rings (SSSR count). The van der Waals surface area contributed by atoms with E-state index < -0.39 is 26.7 Å². The van der Waals surface area contributed by atoms with Crippen molar-refractivity contribution in [2.75, 3.05) is 12.3 Å². The van der Waals surface area contributed by atoms with E-state index in [4.69, 9.17) is 9.15 Å². The quantitative estimate of drug-likeness (QED) is 0.397. The molecule has 1 atom stereocenters. The van der Waals surface area contributed by atoms with Crippen LogP contribution in [-0.2, 0) is 14.8 Å². The molecular weight excluding hydrogens is 464 g/mol. The smallest absolute Gasteiger partial charge is 0.263 e. The molecule has 1 fully saturated rings. The molecule has 1 aliphatic heterocycles. The maximum absolute atomic E-state index is 13.9. The van der Waals surface area contributed by atoms with Crippen molar-refractivity contribution in [3.05, 3.63) is 67.1 Å². The molecule has 0 aliphatic carbocycles. The van der Waals surface area contributed by atoms with Crippen molar-refractivity contribution >= 4 is 27.7 Å². The first-order chi connectivity index (χ1) is 15.7. The number of rotatable bonds is 6. The number of nitrogens with zero attached hydrogens (tertiary/aromatic N) is 1. The second kappa shape index (κ2) is 9.22. The zero-order valence-corrected chi connectivity index (χ0v) is 19.7. The summed E-state index contributed by atoms with van der Waals surface area (Å²) in [4.78, 5) is 12.5. The Labute approximate surface area is 196 Å². The summed E-state index contributed by atoms with van der Waals surface area (Å²) in [5.41, 5.74) is 3.11. The van der Waals surface area contributed by atoms with E-state index in [9.17, 15) is 18.4 Å². The highest BCUT2D eigenvalue weighted by molar-refractivity contribution is 8.01. The summed E-state index contributed by atoms with van der Waals surface area (Å²) >= 11 is 1.48. The largest absolute Gasteiger partial charge is 0.472 e. The third-order valence-electron chi connectivity index (χ3n) is 5.45. The van der Waals surface area contributed by atoms with E-state index in [1.54, 1.807) is 68.1 Å². The third kappa shape index (κ3) is 4.65. The molecule has 1 amide bonds. The molecule has 3 aromatic rings. The molecule has 0 spiro atoms. The molecule has 0 bridgehead atoms. The van der Waals surface area contributed by atoms with Crippen LogP contribution in [0.25, 0.3) is 11.1 Å². The van der Waals surface area contributed by atoms with Crippen LogP contribution in [0.2, 0.25) is 0 Å². The molecular formula is C23H24N2O6S2. The number of furan rings is 1. The van der Waals surface area contributed by atoms with Crippen LogP contribution in [0.15, 0.2) is 76.4 Å². The number of para-hydroxylation sites is 1. The predicted molar refractivity (Wildman–Crippen MR) is 125 cm³/mol. The molecule has 33 heavy (non-hydrogen) atoms. The van der Waals surface area contributed by atoms with Crippen LogP contribution in [0.4, 0.5) is 0 Å². The summed E-state index contributed by atoms with van der Waals surface area (Å²) in [6, 6.07) is 14.3. The fraction of sp³-hybridized carbons (Fsp3) is 0.261. The van der Waals surface area contributed by atoms with Crippen molar-refractivity contribution in [2.45, 2.75) is 29.5 Å². The molecule has 174 valence electrons. The maximum Gasteiger partial charge on any atom is 0.263 e. The van der Waals surface area contributed by atoms with Crippen LogP contribution < -0.4 is 10.2 Å². The number of carbonyl (C=O) groups is 1. The second-order valence-corrected chi connectivity index (χ2v) is 11.6. The fourth-order valence-corrected chi connectivity index (χ4v) is 7.08. The van der Waals surface area contributed by atoms with Gasteiger partial charge < -0.3 is 9.15 Å². The van der Waals surface area contributed by atoms with Crippen molar-refractivity contribution in [3.63, 3.8) is 0 Å². The lowest BCUT2D eigenvalue weighted by Gasteiger charge is -2.43. The van der Waals surface area contributed by atoms with Gasteiger partial charge in [0.05, 0.1) is 12.5 Å². The van der Waals surface area contributed by atoms with Gasteiger partial charge in [0.2, 0.25) is 10.0 Å². The number of hydrogen-bond donors (Lipinski definition) is 2. The van der Waals surface area contributed by atoms with Crippen LogP contribution in [0.1, 0.15) is 13.8 Å². The van der Waals surface area contributed by atoms with Crippen LogP contribution in [-0.4, -0.2) is 46.9 Å². The Kier molecular flexibility index (Phi) is 6.53. The van der Waals surface area contributed by atoms with Gasteiger partial charge in [-0.1, -0.05) is 24.3 Å². The van der Waals surface area contributed by atoms with E-state index in [2.05, 4.69) is 0 Å². The first-order valence-corrected chi connectivity index (χ1v) is 12.7. The van der Waals surface area contributed by atoms with Gasteiger partial charge in [0, 0.05) is 22.6 Å². The summed E-state index contributed by atoms with van der Waals surface area (Å²) in [6.45, 7) is 3.67. The van der Waals surface area contributed by atoms with Gasteiger partial charge in [-0.2, -0.15) is 16.1 Å². The Hall–Kier alpha value is -2.79. The van der Waals surface area contributed by atoms with Crippen molar-refractivity contribution < 1.29 is 27.6 Å². The second-order valence-electron chi connectivity index (χ2n) is 8.03.